The van der Waals surface area contributed by atoms with Gasteiger partial charge in [0.1, 0.15) is 5.82 Å². The molecule has 1 aromatic heterocycles. The molecule has 156 valence electrons. The van der Waals surface area contributed by atoms with Gasteiger partial charge in [-0.05, 0) is 57.4 Å². The fraction of sp³-hybridized carbons (Fsp3) is 0.348. The molecule has 2 aromatic carbocycles. The van der Waals surface area contributed by atoms with Crippen molar-refractivity contribution in [2.24, 2.45) is 0 Å². The molecule has 5 nitrogen and oxygen atoms in total. The predicted molar refractivity (Wildman–Crippen MR) is 117 cm³/mol. The van der Waals surface area contributed by atoms with Crippen LogP contribution in [0.3, 0.4) is 0 Å². The van der Waals surface area contributed by atoms with Crippen LogP contribution in [0.5, 0.6) is 0 Å². The van der Waals surface area contributed by atoms with Gasteiger partial charge in [-0.1, -0.05) is 42.1 Å². The highest BCUT2D eigenvalue weighted by Gasteiger charge is 2.29. The molecule has 4 rings (SSSR count). The molecule has 0 saturated carbocycles. The molecule has 1 amide bonds. The summed E-state index contributed by atoms with van der Waals surface area (Å²) >= 11 is 1.37. The first-order valence-corrected chi connectivity index (χ1v) is 11.2. The highest BCUT2D eigenvalue weighted by Crippen LogP contribution is 2.29. The minimum Gasteiger partial charge on any atom is -0.337 e. The highest BCUT2D eigenvalue weighted by atomic mass is 32.2. The number of amides is 1. The Kier molecular flexibility index (Phi) is 6.18. The summed E-state index contributed by atoms with van der Waals surface area (Å²) in [6.07, 6.45) is 3.26. The summed E-state index contributed by atoms with van der Waals surface area (Å²) in [5, 5.41) is 9.35. The van der Waals surface area contributed by atoms with Gasteiger partial charge in [0.15, 0.2) is 11.0 Å². The molecule has 0 radical (unpaired) electrons. The number of nitrogens with zero attached hydrogens (tertiary/aromatic N) is 4. The van der Waals surface area contributed by atoms with Crippen molar-refractivity contribution in [1.29, 1.82) is 0 Å². The smallest absolute Gasteiger partial charge is 0.233 e. The van der Waals surface area contributed by atoms with E-state index in [1.165, 1.54) is 30.3 Å². The molecule has 7 heteroatoms. The summed E-state index contributed by atoms with van der Waals surface area (Å²) in [5.74, 6) is 0.778. The second-order valence-electron chi connectivity index (χ2n) is 7.70. The molecular weight excluding hydrogens is 399 g/mol. The molecule has 0 bridgehead atoms. The third kappa shape index (κ3) is 4.26. The van der Waals surface area contributed by atoms with Crippen LogP contribution in [-0.2, 0) is 4.79 Å². The maximum absolute atomic E-state index is 13.5. The summed E-state index contributed by atoms with van der Waals surface area (Å²) in [6, 6.07) is 16.5. The average Bonchev–Trinajstić information content (AvgIpc) is 3.17. The lowest BCUT2D eigenvalue weighted by atomic mass is 9.98. The van der Waals surface area contributed by atoms with Gasteiger partial charge < -0.3 is 4.90 Å². The summed E-state index contributed by atoms with van der Waals surface area (Å²) < 4.78 is 15.4. The average molecular weight is 425 g/mol. The lowest BCUT2D eigenvalue weighted by Gasteiger charge is -2.39. The number of aromatic nitrogens is 3. The van der Waals surface area contributed by atoms with E-state index >= 15 is 0 Å². The van der Waals surface area contributed by atoms with E-state index in [9.17, 15) is 9.18 Å². The van der Waals surface area contributed by atoms with E-state index < -0.39 is 0 Å². The van der Waals surface area contributed by atoms with E-state index in [0.717, 1.165) is 24.1 Å². The molecule has 1 aliphatic rings. The van der Waals surface area contributed by atoms with Gasteiger partial charge in [0.2, 0.25) is 5.91 Å². The summed E-state index contributed by atoms with van der Waals surface area (Å²) in [5.41, 5.74) is 1.67. The van der Waals surface area contributed by atoms with Crippen molar-refractivity contribution in [2.75, 3.05) is 5.75 Å². The third-order valence-corrected chi connectivity index (χ3v) is 6.47. The monoisotopic (exact) mass is 424 g/mol. The van der Waals surface area contributed by atoms with Crippen molar-refractivity contribution in [1.82, 2.24) is 19.7 Å². The first-order valence-electron chi connectivity index (χ1n) is 10.3. The molecule has 0 spiro atoms. The molecule has 30 heavy (non-hydrogen) atoms. The molecule has 2 unspecified atom stereocenters. The SMILES string of the molecule is CC1CCCC(C)N1C(=O)CSc1nnc(-c2ccccc2)n1-c1ccc(F)cc1. The van der Waals surface area contributed by atoms with E-state index in [-0.39, 0.29) is 23.8 Å². The van der Waals surface area contributed by atoms with Crippen molar-refractivity contribution in [2.45, 2.75) is 50.4 Å². The number of carbonyl (C=O) groups excluding carboxylic acids is 1. The van der Waals surface area contributed by atoms with Crippen molar-refractivity contribution in [3.63, 3.8) is 0 Å². The maximum atomic E-state index is 13.5. The van der Waals surface area contributed by atoms with Crippen LogP contribution in [0.25, 0.3) is 17.1 Å². The Hall–Kier alpha value is -2.67. The summed E-state index contributed by atoms with van der Waals surface area (Å²) in [7, 11) is 0. The molecule has 0 N–H and O–H groups in total. The van der Waals surface area contributed by atoms with Gasteiger partial charge in [0.25, 0.3) is 0 Å². The normalized spacial score (nSPS) is 19.1. The second kappa shape index (κ2) is 9.00. The Balaban J connectivity index is 1.62. The minimum atomic E-state index is -0.300. The Bertz CT molecular complexity index is 996. The first kappa shape index (κ1) is 20.6. The van der Waals surface area contributed by atoms with Gasteiger partial charge in [-0.15, -0.1) is 10.2 Å². The van der Waals surface area contributed by atoms with Crippen LogP contribution >= 0.6 is 11.8 Å². The first-order chi connectivity index (χ1) is 14.5. The number of carbonyl (C=O) groups is 1. The second-order valence-corrected chi connectivity index (χ2v) is 8.65. The predicted octanol–water partition coefficient (Wildman–Crippen LogP) is 4.96. The number of hydrogen-bond donors (Lipinski definition) is 0. The fourth-order valence-electron chi connectivity index (χ4n) is 4.07. The number of piperidine rings is 1. The summed E-state index contributed by atoms with van der Waals surface area (Å²) in [4.78, 5) is 15.0. The van der Waals surface area contributed by atoms with Crippen molar-refractivity contribution in [3.05, 3.63) is 60.4 Å². The quantitative estimate of drug-likeness (QED) is 0.544. The van der Waals surface area contributed by atoms with Gasteiger partial charge in [-0.2, -0.15) is 0 Å². The zero-order chi connectivity index (χ0) is 21.1. The molecule has 1 saturated heterocycles. The topological polar surface area (TPSA) is 51.0 Å². The lowest BCUT2D eigenvalue weighted by molar-refractivity contribution is -0.134. The molecular formula is C23H25FN4OS. The Morgan fingerprint density at radius 1 is 1.03 bits per heavy atom. The van der Waals surface area contributed by atoms with Crippen LogP contribution in [0.2, 0.25) is 0 Å². The van der Waals surface area contributed by atoms with Gasteiger partial charge in [0.05, 0.1) is 5.75 Å². The van der Waals surface area contributed by atoms with Gasteiger partial charge >= 0.3 is 0 Å². The number of halogens is 1. The lowest BCUT2D eigenvalue weighted by Crippen LogP contribution is -2.48. The molecule has 2 atom stereocenters. The molecule has 1 aliphatic heterocycles. The number of hydrogen-bond acceptors (Lipinski definition) is 4. The van der Waals surface area contributed by atoms with E-state index in [2.05, 4.69) is 24.0 Å². The van der Waals surface area contributed by atoms with E-state index in [1.807, 2.05) is 39.8 Å². The van der Waals surface area contributed by atoms with Crippen LogP contribution in [0.15, 0.2) is 59.8 Å². The Labute approximate surface area is 180 Å². The number of thioether (sulfide) groups is 1. The van der Waals surface area contributed by atoms with Crippen LogP contribution < -0.4 is 0 Å². The van der Waals surface area contributed by atoms with Crippen molar-refractivity contribution in [3.8, 4) is 17.1 Å². The molecule has 1 fully saturated rings. The van der Waals surface area contributed by atoms with E-state index in [1.54, 1.807) is 12.1 Å². The van der Waals surface area contributed by atoms with Crippen molar-refractivity contribution >= 4 is 17.7 Å². The van der Waals surface area contributed by atoms with Gasteiger partial charge in [-0.25, -0.2) is 4.39 Å². The highest BCUT2D eigenvalue weighted by molar-refractivity contribution is 7.99. The van der Waals surface area contributed by atoms with Gasteiger partial charge in [0, 0.05) is 23.3 Å². The Morgan fingerprint density at radius 3 is 2.37 bits per heavy atom. The number of likely N-dealkylation sites (tertiary alicyclic amines) is 1. The van der Waals surface area contributed by atoms with Crippen LogP contribution in [-0.4, -0.2) is 43.4 Å². The zero-order valence-corrected chi connectivity index (χ0v) is 18.0. The number of benzene rings is 2. The van der Waals surface area contributed by atoms with Crippen LogP contribution in [0.1, 0.15) is 33.1 Å². The maximum Gasteiger partial charge on any atom is 0.233 e. The Morgan fingerprint density at radius 2 is 1.70 bits per heavy atom. The largest absolute Gasteiger partial charge is 0.337 e. The van der Waals surface area contributed by atoms with Gasteiger partial charge in [-0.3, -0.25) is 9.36 Å². The standard InChI is InChI=1S/C23H25FN4OS/c1-16-7-6-8-17(2)27(16)21(29)15-30-23-26-25-22(18-9-4-3-5-10-18)28(23)20-13-11-19(24)12-14-20/h3-5,9-14,16-17H,6-8,15H2,1-2H3. The summed E-state index contributed by atoms with van der Waals surface area (Å²) in [6.45, 7) is 4.24. The molecule has 2 heterocycles. The van der Waals surface area contributed by atoms with Crippen LogP contribution in [0, 0.1) is 5.82 Å². The minimum absolute atomic E-state index is 0.120. The van der Waals surface area contributed by atoms with E-state index in [0.29, 0.717) is 16.7 Å². The number of rotatable bonds is 5. The van der Waals surface area contributed by atoms with Crippen LogP contribution in [0.4, 0.5) is 4.39 Å². The van der Waals surface area contributed by atoms with Crippen molar-refractivity contribution < 1.29 is 9.18 Å². The third-order valence-electron chi connectivity index (χ3n) is 5.56. The fourth-order valence-corrected chi connectivity index (χ4v) is 4.90. The molecule has 3 aromatic rings. The van der Waals surface area contributed by atoms with E-state index in [4.69, 9.17) is 0 Å². The molecule has 0 aliphatic carbocycles. The zero-order valence-electron chi connectivity index (χ0n) is 17.2.